The molecule has 0 amide bonds. The Bertz CT molecular complexity index is 838. The summed E-state index contributed by atoms with van der Waals surface area (Å²) in [6.07, 6.45) is 1.92. The van der Waals surface area contributed by atoms with Crippen LogP contribution in [0.2, 0.25) is 0 Å². The van der Waals surface area contributed by atoms with Gasteiger partial charge in [-0.1, -0.05) is 6.07 Å². The molecule has 0 fully saturated rings. The van der Waals surface area contributed by atoms with Crippen LogP contribution in [0.15, 0.2) is 18.2 Å². The molecule has 0 aliphatic heterocycles. The Labute approximate surface area is 145 Å². The lowest BCUT2D eigenvalue weighted by Crippen LogP contribution is -2.07. The summed E-state index contributed by atoms with van der Waals surface area (Å²) in [4.78, 5) is 7.97. The summed E-state index contributed by atoms with van der Waals surface area (Å²) in [7, 11) is 1.52. The molecule has 1 heterocycles. The number of para-hydroxylation sites is 1. The van der Waals surface area contributed by atoms with E-state index in [-0.39, 0.29) is 17.3 Å². The zero-order valence-electron chi connectivity index (χ0n) is 13.8. The molecule has 0 radical (unpaired) electrons. The van der Waals surface area contributed by atoms with Gasteiger partial charge < -0.3 is 20.9 Å². The van der Waals surface area contributed by atoms with Crippen LogP contribution < -0.4 is 20.9 Å². The quantitative estimate of drug-likeness (QED) is 0.731. The molecule has 8 heteroatoms. The highest BCUT2D eigenvalue weighted by atomic mass is 16.5. The maximum atomic E-state index is 9.39. The van der Waals surface area contributed by atoms with Gasteiger partial charge in [-0.15, -0.1) is 0 Å². The number of rotatable bonds is 7. The highest BCUT2D eigenvalue weighted by Crippen LogP contribution is 2.39. The van der Waals surface area contributed by atoms with Crippen LogP contribution in [0, 0.1) is 22.7 Å². The van der Waals surface area contributed by atoms with E-state index in [0.29, 0.717) is 42.2 Å². The second-order valence-electron chi connectivity index (χ2n) is 5.10. The fourth-order valence-corrected chi connectivity index (χ4v) is 2.29. The number of hydrogen-bond acceptors (Lipinski definition) is 8. The number of aromatic nitrogens is 2. The van der Waals surface area contributed by atoms with Crippen molar-refractivity contribution in [3.8, 4) is 34.9 Å². The molecule has 0 aliphatic rings. The molecule has 128 valence electrons. The number of unbranched alkanes of at least 4 members (excludes halogenated alkanes) is 2. The third-order valence-electron chi connectivity index (χ3n) is 3.45. The number of methoxy groups -OCH3 is 1. The first-order chi connectivity index (χ1) is 12.1. The van der Waals surface area contributed by atoms with Crippen molar-refractivity contribution < 1.29 is 9.47 Å². The van der Waals surface area contributed by atoms with Crippen molar-refractivity contribution in [2.24, 2.45) is 0 Å². The normalized spacial score (nSPS) is 9.88. The van der Waals surface area contributed by atoms with Gasteiger partial charge in [0.1, 0.15) is 17.5 Å². The summed E-state index contributed by atoms with van der Waals surface area (Å²) in [5, 5.41) is 18.0. The van der Waals surface area contributed by atoms with E-state index < -0.39 is 0 Å². The maximum Gasteiger partial charge on any atom is 0.222 e. The first-order valence-electron chi connectivity index (χ1n) is 7.62. The molecule has 0 saturated carbocycles. The Balaban J connectivity index is 2.45. The Hall–Kier alpha value is -3.52. The minimum absolute atomic E-state index is 0.00721. The number of ether oxygens (including phenoxy) is 2. The molecule has 0 bridgehead atoms. The number of nitriles is 2. The Morgan fingerprint density at radius 3 is 2.64 bits per heavy atom. The van der Waals surface area contributed by atoms with Crippen molar-refractivity contribution in [3.63, 3.8) is 0 Å². The molecular formula is C17H18N6O2. The van der Waals surface area contributed by atoms with Crippen molar-refractivity contribution in [2.75, 3.05) is 25.2 Å². The van der Waals surface area contributed by atoms with E-state index in [2.05, 4.69) is 16.0 Å². The zero-order chi connectivity index (χ0) is 18.2. The molecule has 4 N–H and O–H groups in total. The SMILES string of the molecule is COc1cccc(-c2nc(N)nc(N)c2C#N)c1OCCCCC#N. The molecule has 2 aromatic rings. The van der Waals surface area contributed by atoms with E-state index in [9.17, 15) is 5.26 Å². The van der Waals surface area contributed by atoms with Crippen molar-refractivity contribution in [3.05, 3.63) is 23.8 Å². The zero-order valence-corrected chi connectivity index (χ0v) is 13.8. The summed E-state index contributed by atoms with van der Waals surface area (Å²) >= 11 is 0. The second kappa shape index (κ2) is 8.37. The van der Waals surface area contributed by atoms with Gasteiger partial charge in [0, 0.05) is 12.0 Å². The number of benzene rings is 1. The monoisotopic (exact) mass is 338 g/mol. The van der Waals surface area contributed by atoms with E-state index in [4.69, 9.17) is 26.2 Å². The summed E-state index contributed by atoms with van der Waals surface area (Å²) in [6, 6.07) is 9.34. The molecule has 1 aromatic heterocycles. The van der Waals surface area contributed by atoms with Crippen LogP contribution in [-0.4, -0.2) is 23.7 Å². The Kier molecular flexibility index (Phi) is 5.97. The van der Waals surface area contributed by atoms with Gasteiger partial charge in [0.15, 0.2) is 11.5 Å². The maximum absolute atomic E-state index is 9.39. The molecule has 25 heavy (non-hydrogen) atoms. The van der Waals surface area contributed by atoms with Gasteiger partial charge in [-0.05, 0) is 25.0 Å². The van der Waals surface area contributed by atoms with Crippen LogP contribution in [0.4, 0.5) is 11.8 Å². The number of anilines is 2. The largest absolute Gasteiger partial charge is 0.493 e. The summed E-state index contributed by atoms with van der Waals surface area (Å²) in [5.74, 6) is 0.912. The van der Waals surface area contributed by atoms with E-state index in [1.165, 1.54) is 7.11 Å². The smallest absolute Gasteiger partial charge is 0.222 e. The summed E-state index contributed by atoms with van der Waals surface area (Å²) < 4.78 is 11.2. The van der Waals surface area contributed by atoms with Crippen molar-refractivity contribution in [1.82, 2.24) is 9.97 Å². The van der Waals surface area contributed by atoms with Gasteiger partial charge in [-0.2, -0.15) is 15.5 Å². The van der Waals surface area contributed by atoms with Crippen LogP contribution in [0.3, 0.4) is 0 Å². The third kappa shape index (κ3) is 4.06. The van der Waals surface area contributed by atoms with Crippen molar-refractivity contribution in [2.45, 2.75) is 19.3 Å². The number of nitrogens with two attached hydrogens (primary N) is 2. The van der Waals surface area contributed by atoms with Gasteiger partial charge in [-0.3, -0.25) is 0 Å². The standard InChI is InChI=1S/C17H18N6O2/c1-24-13-7-5-6-11(15(13)25-9-4-2-3-8-18)14-12(10-19)16(20)23-17(21)22-14/h5-7H,2-4,9H2,1H3,(H4,20,21,22,23). The first-order valence-corrected chi connectivity index (χ1v) is 7.62. The number of nitrogens with zero attached hydrogens (tertiary/aromatic N) is 4. The van der Waals surface area contributed by atoms with Crippen molar-refractivity contribution in [1.29, 1.82) is 10.5 Å². The average molecular weight is 338 g/mol. The van der Waals surface area contributed by atoms with Gasteiger partial charge in [-0.25, -0.2) is 4.98 Å². The summed E-state index contributed by atoms with van der Waals surface area (Å²) in [6.45, 7) is 0.396. The fourth-order valence-electron chi connectivity index (χ4n) is 2.29. The first kappa shape index (κ1) is 17.8. The topological polar surface area (TPSA) is 144 Å². The highest BCUT2D eigenvalue weighted by molar-refractivity contribution is 5.79. The third-order valence-corrected chi connectivity index (χ3v) is 3.45. The molecule has 2 rings (SSSR count). The van der Waals surface area contributed by atoms with Crippen LogP contribution in [0.1, 0.15) is 24.8 Å². The fraction of sp³-hybridized carbons (Fsp3) is 0.294. The molecule has 0 spiro atoms. The van der Waals surface area contributed by atoms with Crippen LogP contribution >= 0.6 is 0 Å². The number of nitrogen functional groups attached to an aromatic ring is 2. The van der Waals surface area contributed by atoms with Crippen molar-refractivity contribution >= 4 is 11.8 Å². The molecule has 0 saturated heterocycles. The minimum Gasteiger partial charge on any atom is -0.493 e. The molecule has 8 nitrogen and oxygen atoms in total. The Morgan fingerprint density at radius 2 is 1.96 bits per heavy atom. The lowest BCUT2D eigenvalue weighted by molar-refractivity contribution is 0.288. The lowest BCUT2D eigenvalue weighted by Gasteiger charge is -2.16. The average Bonchev–Trinajstić information content (AvgIpc) is 2.60. The van der Waals surface area contributed by atoms with Gasteiger partial charge in [0.2, 0.25) is 5.95 Å². The highest BCUT2D eigenvalue weighted by Gasteiger charge is 2.19. The van der Waals surface area contributed by atoms with Crippen LogP contribution in [-0.2, 0) is 0 Å². The predicted molar refractivity (Wildman–Crippen MR) is 92.5 cm³/mol. The van der Waals surface area contributed by atoms with Crippen LogP contribution in [0.5, 0.6) is 11.5 Å². The summed E-state index contributed by atoms with van der Waals surface area (Å²) in [5.41, 5.74) is 12.4. The van der Waals surface area contributed by atoms with Gasteiger partial charge >= 0.3 is 0 Å². The van der Waals surface area contributed by atoms with E-state index in [0.717, 1.165) is 6.42 Å². The minimum atomic E-state index is -0.0331. The number of hydrogen-bond donors (Lipinski definition) is 2. The molecule has 0 aliphatic carbocycles. The van der Waals surface area contributed by atoms with E-state index in [1.807, 2.05) is 6.07 Å². The lowest BCUT2D eigenvalue weighted by atomic mass is 10.1. The van der Waals surface area contributed by atoms with E-state index >= 15 is 0 Å². The van der Waals surface area contributed by atoms with Crippen LogP contribution in [0.25, 0.3) is 11.3 Å². The van der Waals surface area contributed by atoms with E-state index in [1.54, 1.807) is 18.2 Å². The molecule has 1 aromatic carbocycles. The predicted octanol–water partition coefficient (Wildman–Crippen LogP) is 2.26. The molecule has 0 unspecified atom stereocenters. The molecular weight excluding hydrogens is 320 g/mol. The van der Waals surface area contributed by atoms with Gasteiger partial charge in [0.25, 0.3) is 0 Å². The van der Waals surface area contributed by atoms with Gasteiger partial charge in [0.05, 0.1) is 25.5 Å². The Morgan fingerprint density at radius 1 is 1.16 bits per heavy atom. The molecule has 0 atom stereocenters. The second-order valence-corrected chi connectivity index (χ2v) is 5.10.